The third-order valence-electron chi connectivity index (χ3n) is 8.80. The smallest absolute Gasteiger partial charge is 0.414 e. The maximum Gasteiger partial charge on any atom is 0.414 e. The lowest BCUT2D eigenvalue weighted by Crippen LogP contribution is -2.33. The molecule has 16 heteroatoms. The minimum absolute atomic E-state index is 0.0705. The highest BCUT2D eigenvalue weighted by Gasteiger charge is 2.23. The van der Waals surface area contributed by atoms with E-state index in [0.29, 0.717) is 29.9 Å². The Morgan fingerprint density at radius 2 is 1.04 bits per heavy atom. The quantitative estimate of drug-likeness (QED) is 0.0981. The van der Waals surface area contributed by atoms with Gasteiger partial charge in [-0.2, -0.15) is 0 Å². The Labute approximate surface area is 320 Å². The summed E-state index contributed by atoms with van der Waals surface area (Å²) >= 11 is 1.49. The van der Waals surface area contributed by atoms with Crippen LogP contribution in [-0.2, 0) is 19.2 Å². The molecule has 6 N–H and O–H groups in total. The standard InChI is InChI=1S/C35H39N3O4S.2C2H2O4/c36-35(40)27-10-15-30-31(24-27)43-34(26-8-13-29(14-9-26)42-23-21-38-18-4-5-19-38)32(30)33(39)25-6-11-28(12-7-25)41-22-20-37-16-2-1-3-17-37;2*3-1(4)2(5)6/h6-15,24H,1-5,16-23H2,(H2,36,40);2*(H,3,4)(H,5,6). The number of carboxylic acid groups (broad SMARTS) is 4. The number of hydrogen-bond donors (Lipinski definition) is 5. The zero-order valence-electron chi connectivity index (χ0n) is 30.0. The van der Waals surface area contributed by atoms with E-state index in [2.05, 4.69) is 9.80 Å². The van der Waals surface area contributed by atoms with Gasteiger partial charge in [0, 0.05) is 44.7 Å². The van der Waals surface area contributed by atoms with Crippen molar-refractivity contribution in [2.24, 2.45) is 5.73 Å². The first-order chi connectivity index (χ1) is 26.3. The van der Waals surface area contributed by atoms with Crippen LogP contribution >= 0.6 is 11.3 Å². The highest BCUT2D eigenvalue weighted by molar-refractivity contribution is 7.22. The van der Waals surface area contributed by atoms with Gasteiger partial charge in [-0.3, -0.25) is 19.4 Å². The summed E-state index contributed by atoms with van der Waals surface area (Å²) in [5.74, 6) is -6.29. The van der Waals surface area contributed by atoms with Gasteiger partial charge in [0.15, 0.2) is 5.78 Å². The van der Waals surface area contributed by atoms with Crippen molar-refractivity contribution in [2.45, 2.75) is 32.1 Å². The molecule has 292 valence electrons. The van der Waals surface area contributed by atoms with Crippen molar-refractivity contribution >= 4 is 57.0 Å². The van der Waals surface area contributed by atoms with E-state index in [1.807, 2.05) is 54.6 Å². The van der Waals surface area contributed by atoms with Gasteiger partial charge in [-0.15, -0.1) is 11.3 Å². The summed E-state index contributed by atoms with van der Waals surface area (Å²) in [5, 5.41) is 30.4. The van der Waals surface area contributed by atoms with Crippen LogP contribution in [-0.4, -0.2) is 118 Å². The number of primary amides is 1. The Bertz CT molecular complexity index is 1920. The Morgan fingerprint density at radius 1 is 0.600 bits per heavy atom. The average Bonchev–Trinajstić information content (AvgIpc) is 3.84. The van der Waals surface area contributed by atoms with Crippen molar-refractivity contribution in [1.82, 2.24) is 9.80 Å². The topological polar surface area (TPSA) is 234 Å². The molecule has 2 fully saturated rings. The maximum atomic E-state index is 14.0. The third-order valence-corrected chi connectivity index (χ3v) is 10.0. The van der Waals surface area contributed by atoms with Gasteiger partial charge in [0.05, 0.1) is 0 Å². The van der Waals surface area contributed by atoms with Crippen LogP contribution in [0.1, 0.15) is 58.4 Å². The molecule has 2 aliphatic rings. The van der Waals surface area contributed by atoms with E-state index in [4.69, 9.17) is 54.8 Å². The zero-order chi connectivity index (χ0) is 39.9. The molecular formula is C39H43N3O12S. The molecule has 3 aromatic carbocycles. The molecule has 2 saturated heterocycles. The summed E-state index contributed by atoms with van der Waals surface area (Å²) in [6.07, 6.45) is 6.37. The molecule has 15 nitrogen and oxygen atoms in total. The molecule has 4 aromatic rings. The SMILES string of the molecule is NC(=O)c1ccc2c(C(=O)c3ccc(OCCN4CCCCC4)cc3)c(-c3ccc(OCCN4CCCC4)cc3)sc2c1.O=C(O)C(=O)O.O=C(O)C(=O)O. The fourth-order valence-corrected chi connectivity index (χ4v) is 7.25. The largest absolute Gasteiger partial charge is 0.492 e. The van der Waals surface area contributed by atoms with E-state index >= 15 is 0 Å². The summed E-state index contributed by atoms with van der Waals surface area (Å²) in [4.78, 5) is 68.1. The normalized spacial score (nSPS) is 14.1. The molecule has 3 heterocycles. The molecule has 1 aromatic heterocycles. The second-order valence-corrected chi connectivity index (χ2v) is 13.7. The van der Waals surface area contributed by atoms with Crippen molar-refractivity contribution in [3.63, 3.8) is 0 Å². The number of ketones is 1. The number of rotatable bonds is 12. The summed E-state index contributed by atoms with van der Waals surface area (Å²) in [7, 11) is 0. The monoisotopic (exact) mass is 777 g/mol. The highest BCUT2D eigenvalue weighted by atomic mass is 32.1. The summed E-state index contributed by atoms with van der Waals surface area (Å²) in [6.45, 7) is 7.72. The van der Waals surface area contributed by atoms with Crippen LogP contribution in [0.2, 0.25) is 0 Å². The van der Waals surface area contributed by atoms with Crippen molar-refractivity contribution in [2.75, 3.05) is 52.5 Å². The molecule has 6 rings (SSSR count). The Kier molecular flexibility index (Phi) is 15.7. The number of nitrogens with zero attached hydrogens (tertiary/aromatic N) is 2. The van der Waals surface area contributed by atoms with Gasteiger partial charge in [0.25, 0.3) is 0 Å². The number of thiophene rings is 1. The molecule has 0 saturated carbocycles. The van der Waals surface area contributed by atoms with Crippen molar-refractivity contribution in [1.29, 1.82) is 0 Å². The molecular weight excluding hydrogens is 735 g/mol. The van der Waals surface area contributed by atoms with Crippen molar-refractivity contribution < 1.29 is 58.7 Å². The molecule has 0 aliphatic carbocycles. The maximum absolute atomic E-state index is 14.0. The number of fused-ring (bicyclic) bond motifs is 1. The van der Waals surface area contributed by atoms with Gasteiger partial charge in [-0.1, -0.05) is 12.5 Å². The van der Waals surface area contributed by atoms with E-state index in [-0.39, 0.29) is 5.78 Å². The first-order valence-corrected chi connectivity index (χ1v) is 18.4. The average molecular weight is 778 g/mol. The number of carbonyl (C=O) groups is 6. The highest BCUT2D eigenvalue weighted by Crippen LogP contribution is 2.41. The Morgan fingerprint density at radius 3 is 1.49 bits per heavy atom. The molecule has 0 bridgehead atoms. The van der Waals surface area contributed by atoms with Crippen molar-refractivity contribution in [3.05, 3.63) is 83.4 Å². The third kappa shape index (κ3) is 12.6. The lowest BCUT2D eigenvalue weighted by Gasteiger charge is -2.26. The zero-order valence-corrected chi connectivity index (χ0v) is 30.8. The predicted octanol–water partition coefficient (Wildman–Crippen LogP) is 4.55. The van der Waals surface area contributed by atoms with E-state index in [9.17, 15) is 9.59 Å². The Hall–Kier alpha value is -5.84. The number of ether oxygens (including phenoxy) is 2. The van der Waals surface area contributed by atoms with Crippen LogP contribution in [0, 0.1) is 0 Å². The number of benzene rings is 3. The number of carboxylic acids is 4. The number of amides is 1. The second-order valence-electron chi connectivity index (χ2n) is 12.6. The molecule has 0 spiro atoms. The molecule has 2 aliphatic heterocycles. The number of piperidine rings is 1. The van der Waals surface area contributed by atoms with E-state index in [1.165, 1.54) is 43.4 Å². The van der Waals surface area contributed by atoms with E-state index in [1.54, 1.807) is 12.1 Å². The van der Waals surface area contributed by atoms with E-state index in [0.717, 1.165) is 71.3 Å². The lowest BCUT2D eigenvalue weighted by atomic mass is 9.97. The van der Waals surface area contributed by atoms with E-state index < -0.39 is 29.8 Å². The minimum atomic E-state index is -1.82. The van der Waals surface area contributed by atoms with Crippen LogP contribution in [0.5, 0.6) is 11.5 Å². The van der Waals surface area contributed by atoms with Crippen LogP contribution in [0.4, 0.5) is 0 Å². The fraction of sp³-hybridized carbons (Fsp3) is 0.333. The fourth-order valence-electron chi connectivity index (χ4n) is 6.00. The molecule has 0 atom stereocenters. The number of likely N-dealkylation sites (tertiary alicyclic amines) is 2. The Balaban J connectivity index is 0.000000488. The molecule has 0 radical (unpaired) electrons. The number of nitrogens with two attached hydrogens (primary N) is 1. The predicted molar refractivity (Wildman–Crippen MR) is 203 cm³/mol. The minimum Gasteiger partial charge on any atom is -0.492 e. The van der Waals surface area contributed by atoms with Crippen molar-refractivity contribution in [3.8, 4) is 21.9 Å². The number of aliphatic carboxylic acids is 4. The molecule has 55 heavy (non-hydrogen) atoms. The van der Waals surface area contributed by atoms with Gasteiger partial charge >= 0.3 is 23.9 Å². The molecule has 1 amide bonds. The van der Waals surface area contributed by atoms with Gasteiger partial charge in [0.2, 0.25) is 5.91 Å². The van der Waals surface area contributed by atoms with Crippen LogP contribution in [0.25, 0.3) is 20.5 Å². The van der Waals surface area contributed by atoms with Gasteiger partial charge < -0.3 is 35.6 Å². The van der Waals surface area contributed by atoms with Gasteiger partial charge in [0.1, 0.15) is 24.7 Å². The first-order valence-electron chi connectivity index (χ1n) is 17.6. The summed E-state index contributed by atoms with van der Waals surface area (Å²) in [5.41, 5.74) is 8.13. The summed E-state index contributed by atoms with van der Waals surface area (Å²) in [6, 6.07) is 20.6. The van der Waals surface area contributed by atoms with Crippen LogP contribution < -0.4 is 15.2 Å². The number of carbonyl (C=O) groups excluding carboxylic acids is 2. The summed E-state index contributed by atoms with van der Waals surface area (Å²) < 4.78 is 12.8. The second kappa shape index (κ2) is 20.6. The number of hydrogen-bond acceptors (Lipinski definition) is 11. The van der Waals surface area contributed by atoms with Crippen LogP contribution in [0.15, 0.2) is 66.7 Å². The van der Waals surface area contributed by atoms with Gasteiger partial charge in [-0.05, 0) is 118 Å². The lowest BCUT2D eigenvalue weighted by molar-refractivity contribution is -0.159. The van der Waals surface area contributed by atoms with Crippen LogP contribution in [0.3, 0.4) is 0 Å². The molecule has 0 unspecified atom stereocenters. The van der Waals surface area contributed by atoms with Gasteiger partial charge in [-0.25, -0.2) is 19.2 Å². The first kappa shape index (κ1) is 41.9.